The molecule has 0 saturated carbocycles. The minimum absolute atomic E-state index is 0.0782. The molecule has 1 amide bonds. The monoisotopic (exact) mass is 295 g/mol. The van der Waals surface area contributed by atoms with Gasteiger partial charge in [0, 0.05) is 26.7 Å². The number of nitrogens with one attached hydrogen (secondary N) is 1. The summed E-state index contributed by atoms with van der Waals surface area (Å²) in [5.41, 5.74) is 0.200. The van der Waals surface area contributed by atoms with E-state index in [0.717, 1.165) is 0 Å². The molecule has 7 heteroatoms. The van der Waals surface area contributed by atoms with Gasteiger partial charge in [0.25, 0.3) is 5.91 Å². The second-order valence-electron chi connectivity index (χ2n) is 4.79. The van der Waals surface area contributed by atoms with E-state index in [1.165, 1.54) is 6.07 Å². The maximum Gasteiger partial charge on any atom is 0.305 e. The van der Waals surface area contributed by atoms with Gasteiger partial charge in [0.15, 0.2) is 0 Å². The Morgan fingerprint density at radius 1 is 1.48 bits per heavy atom. The Kier molecular flexibility index (Phi) is 6.10. The SMILES string of the molecule is CNc1cccc(C(=O)N(CCOC)C(C)C)c1[N+](=O)[O-]. The number of para-hydroxylation sites is 1. The summed E-state index contributed by atoms with van der Waals surface area (Å²) in [5, 5.41) is 14.0. The third-order valence-electron chi connectivity index (χ3n) is 3.14. The highest BCUT2D eigenvalue weighted by Crippen LogP contribution is 2.29. The van der Waals surface area contributed by atoms with Crippen LogP contribution in [0, 0.1) is 10.1 Å². The maximum atomic E-state index is 12.6. The molecule has 0 unspecified atom stereocenters. The van der Waals surface area contributed by atoms with E-state index in [-0.39, 0.29) is 23.2 Å². The number of hydrogen-bond donors (Lipinski definition) is 1. The molecule has 0 spiro atoms. The Morgan fingerprint density at radius 2 is 2.14 bits per heavy atom. The van der Waals surface area contributed by atoms with Crippen LogP contribution >= 0.6 is 0 Å². The van der Waals surface area contributed by atoms with E-state index in [1.54, 1.807) is 31.2 Å². The lowest BCUT2D eigenvalue weighted by Gasteiger charge is -2.26. The summed E-state index contributed by atoms with van der Waals surface area (Å²) in [5.74, 6) is -0.370. The third-order valence-corrected chi connectivity index (χ3v) is 3.14. The fraction of sp³-hybridized carbons (Fsp3) is 0.500. The molecular formula is C14H21N3O4. The second-order valence-corrected chi connectivity index (χ2v) is 4.79. The molecule has 7 nitrogen and oxygen atoms in total. The number of nitro groups is 1. The van der Waals surface area contributed by atoms with Crippen LogP contribution in [-0.2, 0) is 4.74 Å². The van der Waals surface area contributed by atoms with Gasteiger partial charge in [0.1, 0.15) is 11.3 Å². The van der Waals surface area contributed by atoms with Crippen LogP contribution in [0.5, 0.6) is 0 Å². The number of nitro benzene ring substituents is 1. The largest absolute Gasteiger partial charge is 0.383 e. The number of rotatable bonds is 7. The Labute approximate surface area is 124 Å². The zero-order valence-corrected chi connectivity index (χ0v) is 12.8. The molecule has 0 atom stereocenters. The Balaban J connectivity index is 3.24. The molecule has 0 aliphatic rings. The smallest absolute Gasteiger partial charge is 0.305 e. The van der Waals surface area contributed by atoms with Crippen LogP contribution in [0.25, 0.3) is 0 Å². The van der Waals surface area contributed by atoms with Gasteiger partial charge in [-0.05, 0) is 26.0 Å². The molecule has 1 rings (SSSR count). The molecule has 1 aromatic carbocycles. The lowest BCUT2D eigenvalue weighted by Crippen LogP contribution is -2.39. The summed E-state index contributed by atoms with van der Waals surface area (Å²) in [4.78, 5) is 24.9. The molecule has 0 aromatic heterocycles. The van der Waals surface area contributed by atoms with Crippen molar-refractivity contribution < 1.29 is 14.5 Å². The van der Waals surface area contributed by atoms with Gasteiger partial charge in [-0.15, -0.1) is 0 Å². The van der Waals surface area contributed by atoms with Gasteiger partial charge < -0.3 is 15.0 Å². The Bertz CT molecular complexity index is 517. The van der Waals surface area contributed by atoms with E-state index in [2.05, 4.69) is 5.32 Å². The highest BCUT2D eigenvalue weighted by molar-refractivity contribution is 6.00. The lowest BCUT2D eigenvalue weighted by molar-refractivity contribution is -0.384. The summed E-state index contributed by atoms with van der Waals surface area (Å²) < 4.78 is 4.99. The fourth-order valence-electron chi connectivity index (χ4n) is 2.05. The van der Waals surface area contributed by atoms with Gasteiger partial charge >= 0.3 is 5.69 Å². The predicted octanol–water partition coefficient (Wildman–Crippen LogP) is 2.13. The van der Waals surface area contributed by atoms with Crippen molar-refractivity contribution in [2.45, 2.75) is 19.9 Å². The van der Waals surface area contributed by atoms with E-state index in [9.17, 15) is 14.9 Å². The van der Waals surface area contributed by atoms with Crippen LogP contribution in [0.3, 0.4) is 0 Å². The molecule has 0 bridgehead atoms. The Hall–Kier alpha value is -2.15. The van der Waals surface area contributed by atoms with Crippen molar-refractivity contribution in [1.82, 2.24) is 4.90 Å². The molecule has 0 heterocycles. The van der Waals surface area contributed by atoms with Crippen LogP contribution in [0.2, 0.25) is 0 Å². The molecule has 0 fully saturated rings. The number of carbonyl (C=O) groups is 1. The first-order chi connectivity index (χ1) is 9.93. The number of methoxy groups -OCH3 is 1. The second kappa shape index (κ2) is 7.58. The number of benzene rings is 1. The first-order valence-corrected chi connectivity index (χ1v) is 6.69. The number of amides is 1. The van der Waals surface area contributed by atoms with E-state index < -0.39 is 4.92 Å². The molecule has 0 aliphatic carbocycles. The molecule has 1 aromatic rings. The molecule has 116 valence electrons. The van der Waals surface area contributed by atoms with E-state index >= 15 is 0 Å². The van der Waals surface area contributed by atoms with Gasteiger partial charge in [-0.2, -0.15) is 0 Å². The number of carbonyl (C=O) groups excluding carboxylic acids is 1. The van der Waals surface area contributed by atoms with Crippen molar-refractivity contribution in [1.29, 1.82) is 0 Å². The summed E-state index contributed by atoms with van der Waals surface area (Å²) in [6, 6.07) is 4.60. The van der Waals surface area contributed by atoms with Crippen molar-refractivity contribution in [3.63, 3.8) is 0 Å². The topological polar surface area (TPSA) is 84.7 Å². The first-order valence-electron chi connectivity index (χ1n) is 6.69. The summed E-state index contributed by atoms with van der Waals surface area (Å²) in [6.45, 7) is 4.49. The van der Waals surface area contributed by atoms with Gasteiger partial charge in [0.2, 0.25) is 0 Å². The fourth-order valence-corrected chi connectivity index (χ4v) is 2.05. The quantitative estimate of drug-likeness (QED) is 0.615. The molecule has 0 radical (unpaired) electrons. The number of nitrogens with zero attached hydrogens (tertiary/aromatic N) is 2. The van der Waals surface area contributed by atoms with Crippen molar-refractivity contribution in [2.75, 3.05) is 32.6 Å². The van der Waals surface area contributed by atoms with E-state index in [1.807, 2.05) is 13.8 Å². The number of hydrogen-bond acceptors (Lipinski definition) is 5. The van der Waals surface area contributed by atoms with Crippen LogP contribution in [-0.4, -0.2) is 49.1 Å². The average Bonchev–Trinajstić information content (AvgIpc) is 2.45. The van der Waals surface area contributed by atoms with Crippen LogP contribution in [0.4, 0.5) is 11.4 Å². The van der Waals surface area contributed by atoms with Crippen molar-refractivity contribution in [3.05, 3.63) is 33.9 Å². The van der Waals surface area contributed by atoms with Crippen molar-refractivity contribution >= 4 is 17.3 Å². The maximum absolute atomic E-state index is 12.6. The predicted molar refractivity (Wildman–Crippen MR) is 80.7 cm³/mol. The van der Waals surface area contributed by atoms with E-state index in [0.29, 0.717) is 18.8 Å². The van der Waals surface area contributed by atoms with Crippen molar-refractivity contribution in [2.24, 2.45) is 0 Å². The van der Waals surface area contributed by atoms with Crippen LogP contribution in [0.1, 0.15) is 24.2 Å². The third kappa shape index (κ3) is 3.91. The summed E-state index contributed by atoms with van der Waals surface area (Å²) in [6.07, 6.45) is 0. The molecule has 1 N–H and O–H groups in total. The van der Waals surface area contributed by atoms with E-state index in [4.69, 9.17) is 4.74 Å². The van der Waals surface area contributed by atoms with Crippen LogP contribution < -0.4 is 5.32 Å². The normalized spacial score (nSPS) is 10.5. The van der Waals surface area contributed by atoms with Gasteiger partial charge in [-0.1, -0.05) is 6.07 Å². The molecule has 0 saturated heterocycles. The minimum Gasteiger partial charge on any atom is -0.383 e. The standard InChI is InChI=1S/C14H21N3O4/c1-10(2)16(8-9-21-4)14(18)11-6-5-7-12(15-3)13(11)17(19)20/h5-7,10,15H,8-9H2,1-4H3. The summed E-state index contributed by atoms with van der Waals surface area (Å²) >= 11 is 0. The minimum atomic E-state index is -0.534. The van der Waals surface area contributed by atoms with Crippen molar-refractivity contribution in [3.8, 4) is 0 Å². The Morgan fingerprint density at radius 3 is 2.62 bits per heavy atom. The highest BCUT2D eigenvalue weighted by Gasteiger charge is 2.28. The molecule has 0 aliphatic heterocycles. The highest BCUT2D eigenvalue weighted by atomic mass is 16.6. The molecule has 21 heavy (non-hydrogen) atoms. The van der Waals surface area contributed by atoms with Gasteiger partial charge in [0.05, 0.1) is 11.5 Å². The first kappa shape index (κ1) is 16.9. The van der Waals surface area contributed by atoms with Gasteiger partial charge in [-0.3, -0.25) is 14.9 Å². The van der Waals surface area contributed by atoms with Gasteiger partial charge in [-0.25, -0.2) is 0 Å². The number of ether oxygens (including phenoxy) is 1. The molecular weight excluding hydrogens is 274 g/mol. The zero-order valence-electron chi connectivity index (χ0n) is 12.8. The zero-order chi connectivity index (χ0) is 16.0. The average molecular weight is 295 g/mol. The number of anilines is 1. The lowest BCUT2D eigenvalue weighted by atomic mass is 10.1. The summed E-state index contributed by atoms with van der Waals surface area (Å²) in [7, 11) is 3.13. The van der Waals surface area contributed by atoms with Crippen LogP contribution in [0.15, 0.2) is 18.2 Å².